The third kappa shape index (κ3) is 7.37. The lowest BCUT2D eigenvalue weighted by molar-refractivity contribution is -0.126. The van der Waals surface area contributed by atoms with Crippen LogP contribution in [0.3, 0.4) is 0 Å². The zero-order valence-electron chi connectivity index (χ0n) is 21.1. The van der Waals surface area contributed by atoms with Gasteiger partial charge in [0.1, 0.15) is 35.0 Å². The van der Waals surface area contributed by atoms with Crippen molar-refractivity contribution < 1.29 is 14.3 Å². The van der Waals surface area contributed by atoms with Crippen LogP contribution in [0.5, 0.6) is 23.1 Å². The Kier molecular flexibility index (Phi) is 8.83. The van der Waals surface area contributed by atoms with Crippen molar-refractivity contribution >= 4 is 17.8 Å². The normalized spacial score (nSPS) is 14.1. The van der Waals surface area contributed by atoms with Gasteiger partial charge in [0.25, 0.3) is 0 Å². The number of para-hydroxylation sites is 1. The Bertz CT molecular complexity index is 1210. The molecule has 1 aliphatic rings. The molecule has 1 fully saturated rings. The summed E-state index contributed by atoms with van der Waals surface area (Å²) in [6.45, 7) is 2.03. The summed E-state index contributed by atoms with van der Waals surface area (Å²) in [6.07, 6.45) is 7.63. The van der Waals surface area contributed by atoms with Crippen molar-refractivity contribution in [2.45, 2.75) is 18.9 Å². The van der Waals surface area contributed by atoms with Crippen LogP contribution in [0.2, 0.25) is 0 Å². The van der Waals surface area contributed by atoms with E-state index in [-0.39, 0.29) is 11.9 Å². The van der Waals surface area contributed by atoms with Crippen molar-refractivity contribution in [1.82, 2.24) is 19.8 Å². The maximum Gasteiger partial charge on any atom is 0.246 e. The first-order valence-electron chi connectivity index (χ1n) is 12.2. The Balaban J connectivity index is 1.39. The Labute approximate surface area is 217 Å². The molecule has 0 unspecified atom stereocenters. The summed E-state index contributed by atoms with van der Waals surface area (Å²) in [6, 6.07) is 16.9. The molecule has 37 heavy (non-hydrogen) atoms. The van der Waals surface area contributed by atoms with Crippen molar-refractivity contribution in [3.05, 3.63) is 78.8 Å². The van der Waals surface area contributed by atoms with Crippen molar-refractivity contribution in [2.75, 3.05) is 39.0 Å². The van der Waals surface area contributed by atoms with Gasteiger partial charge in [-0.05, 0) is 63.3 Å². The summed E-state index contributed by atoms with van der Waals surface area (Å²) in [5.41, 5.74) is 1.01. The average Bonchev–Trinajstić information content (AvgIpc) is 2.91. The van der Waals surface area contributed by atoms with Crippen LogP contribution in [0.25, 0.3) is 0 Å². The summed E-state index contributed by atoms with van der Waals surface area (Å²) in [5, 5.41) is 11.3. The summed E-state index contributed by atoms with van der Waals surface area (Å²) in [7, 11) is 3.94. The van der Waals surface area contributed by atoms with E-state index in [1.807, 2.05) is 84.6 Å². The van der Waals surface area contributed by atoms with E-state index in [0.29, 0.717) is 41.8 Å². The van der Waals surface area contributed by atoms with Crippen LogP contribution in [0, 0.1) is 5.41 Å². The molecule has 1 aliphatic heterocycles. The molecular formula is C28H32N6O3. The molecule has 0 radical (unpaired) electrons. The van der Waals surface area contributed by atoms with Gasteiger partial charge in [0.05, 0.1) is 0 Å². The minimum atomic E-state index is 0.0345. The van der Waals surface area contributed by atoms with Crippen LogP contribution in [-0.4, -0.2) is 71.7 Å². The number of hydrogen-bond acceptors (Lipinski definition) is 8. The number of hydrogen-bond donors (Lipinski definition) is 2. The molecule has 4 rings (SSSR count). The fourth-order valence-electron chi connectivity index (χ4n) is 3.93. The SMILES string of the molecule is CN(C)C/C=C/C(=O)N1CCC(Nc2c(C=N)ncnc2Oc2ccc(Oc3ccccc3)cc2)CC1. The fourth-order valence-corrected chi connectivity index (χ4v) is 3.93. The second-order valence-corrected chi connectivity index (χ2v) is 8.98. The Morgan fingerprint density at radius 3 is 2.32 bits per heavy atom. The molecule has 2 N–H and O–H groups in total. The molecule has 9 nitrogen and oxygen atoms in total. The fraction of sp³-hybridized carbons (Fsp3) is 0.286. The zero-order valence-corrected chi connectivity index (χ0v) is 21.1. The standard InChI is InChI=1S/C28H32N6O3/c1-33(2)16-6-9-26(35)34-17-14-21(15-18-34)32-27-25(19-29)30-20-31-28(27)37-24-12-10-23(11-13-24)36-22-7-4-3-5-8-22/h3-13,19-21,29,32H,14-18H2,1-2H3/b9-6+,29-19?. The predicted octanol–water partition coefficient (Wildman–Crippen LogP) is 4.58. The van der Waals surface area contributed by atoms with Crippen molar-refractivity contribution in [3.63, 3.8) is 0 Å². The number of carbonyl (C=O) groups is 1. The van der Waals surface area contributed by atoms with Crippen LogP contribution >= 0.6 is 0 Å². The van der Waals surface area contributed by atoms with E-state index < -0.39 is 0 Å². The third-order valence-electron chi connectivity index (χ3n) is 5.88. The highest BCUT2D eigenvalue weighted by molar-refractivity contribution is 5.88. The van der Waals surface area contributed by atoms with E-state index in [0.717, 1.165) is 25.1 Å². The molecule has 0 atom stereocenters. The second kappa shape index (κ2) is 12.6. The Morgan fingerprint density at radius 2 is 1.68 bits per heavy atom. The van der Waals surface area contributed by atoms with Crippen LogP contribution < -0.4 is 14.8 Å². The van der Waals surface area contributed by atoms with E-state index in [1.54, 1.807) is 6.08 Å². The van der Waals surface area contributed by atoms with Crippen LogP contribution in [-0.2, 0) is 4.79 Å². The van der Waals surface area contributed by atoms with Crippen LogP contribution in [0.15, 0.2) is 73.1 Å². The number of ether oxygens (including phenoxy) is 2. The van der Waals surface area contributed by atoms with Gasteiger partial charge in [0, 0.05) is 38.0 Å². The van der Waals surface area contributed by atoms with Crippen molar-refractivity contribution in [1.29, 1.82) is 5.41 Å². The predicted molar refractivity (Wildman–Crippen MR) is 144 cm³/mol. The molecule has 0 aliphatic carbocycles. The van der Waals surface area contributed by atoms with Gasteiger partial charge in [-0.2, -0.15) is 4.98 Å². The lowest BCUT2D eigenvalue weighted by Crippen LogP contribution is -2.42. The average molecular weight is 501 g/mol. The van der Waals surface area contributed by atoms with E-state index in [1.165, 1.54) is 12.5 Å². The molecule has 0 bridgehead atoms. The Morgan fingerprint density at radius 1 is 1.03 bits per heavy atom. The highest BCUT2D eigenvalue weighted by atomic mass is 16.5. The summed E-state index contributed by atoms with van der Waals surface area (Å²) in [5.74, 6) is 2.41. The monoisotopic (exact) mass is 500 g/mol. The Hall–Kier alpha value is -4.24. The number of amides is 1. The van der Waals surface area contributed by atoms with Gasteiger partial charge < -0.3 is 30.0 Å². The molecule has 9 heteroatoms. The van der Waals surface area contributed by atoms with E-state index in [2.05, 4.69) is 15.3 Å². The first-order chi connectivity index (χ1) is 18.0. The number of rotatable bonds is 10. The lowest BCUT2D eigenvalue weighted by Gasteiger charge is -2.32. The minimum absolute atomic E-state index is 0.0345. The topological polar surface area (TPSA) is 104 Å². The number of benzene rings is 2. The highest BCUT2D eigenvalue weighted by Gasteiger charge is 2.24. The largest absolute Gasteiger partial charge is 0.457 e. The smallest absolute Gasteiger partial charge is 0.246 e. The number of aromatic nitrogens is 2. The van der Waals surface area contributed by atoms with Gasteiger partial charge in [-0.15, -0.1) is 0 Å². The van der Waals surface area contributed by atoms with Crippen LogP contribution in [0.4, 0.5) is 5.69 Å². The lowest BCUT2D eigenvalue weighted by atomic mass is 10.0. The number of nitrogens with zero attached hydrogens (tertiary/aromatic N) is 4. The van der Waals surface area contributed by atoms with Gasteiger partial charge in [0.2, 0.25) is 11.8 Å². The number of piperidine rings is 1. The minimum Gasteiger partial charge on any atom is -0.457 e. The van der Waals surface area contributed by atoms with Gasteiger partial charge in [-0.3, -0.25) is 4.79 Å². The molecule has 3 aromatic rings. The zero-order chi connectivity index (χ0) is 26.0. The summed E-state index contributed by atoms with van der Waals surface area (Å²) < 4.78 is 11.9. The molecular weight excluding hydrogens is 468 g/mol. The molecule has 1 aromatic heterocycles. The molecule has 2 aromatic carbocycles. The van der Waals surface area contributed by atoms with Crippen LogP contribution in [0.1, 0.15) is 18.5 Å². The molecule has 192 valence electrons. The molecule has 0 spiro atoms. The molecule has 1 amide bonds. The molecule has 2 heterocycles. The maximum absolute atomic E-state index is 12.5. The van der Waals surface area contributed by atoms with Gasteiger partial charge in [0.15, 0.2) is 0 Å². The summed E-state index contributed by atoms with van der Waals surface area (Å²) >= 11 is 0. The number of nitrogens with one attached hydrogen (secondary N) is 2. The first-order valence-corrected chi connectivity index (χ1v) is 12.2. The number of anilines is 1. The van der Waals surface area contributed by atoms with Crippen molar-refractivity contribution in [3.8, 4) is 23.1 Å². The second-order valence-electron chi connectivity index (χ2n) is 8.98. The number of likely N-dealkylation sites (N-methyl/N-ethyl adjacent to an activating group) is 1. The van der Waals surface area contributed by atoms with E-state index in [9.17, 15) is 4.79 Å². The number of carbonyl (C=O) groups excluding carboxylic acids is 1. The van der Waals surface area contributed by atoms with Gasteiger partial charge in [-0.25, -0.2) is 4.98 Å². The highest BCUT2D eigenvalue weighted by Crippen LogP contribution is 2.32. The summed E-state index contributed by atoms with van der Waals surface area (Å²) in [4.78, 5) is 24.9. The van der Waals surface area contributed by atoms with E-state index >= 15 is 0 Å². The number of likely N-dealkylation sites (tertiary alicyclic amines) is 1. The maximum atomic E-state index is 12.5. The van der Waals surface area contributed by atoms with Crippen molar-refractivity contribution in [2.24, 2.45) is 0 Å². The van der Waals surface area contributed by atoms with E-state index in [4.69, 9.17) is 14.9 Å². The quantitative estimate of drug-likeness (QED) is 0.310. The van der Waals surface area contributed by atoms with Gasteiger partial charge in [-0.1, -0.05) is 24.3 Å². The molecule has 1 saturated heterocycles. The first kappa shape index (κ1) is 25.8. The third-order valence-corrected chi connectivity index (χ3v) is 5.88. The van der Waals surface area contributed by atoms with Gasteiger partial charge >= 0.3 is 0 Å². The molecule has 0 saturated carbocycles.